The van der Waals surface area contributed by atoms with Crippen molar-refractivity contribution in [3.63, 3.8) is 0 Å². The van der Waals surface area contributed by atoms with Crippen molar-refractivity contribution < 1.29 is 14.2 Å². The number of methoxy groups -OCH3 is 1. The molecule has 0 heterocycles. The minimum atomic E-state index is -0.177. The van der Waals surface area contributed by atoms with Crippen LogP contribution in [0.2, 0.25) is 0 Å². The molecular formula is C18H24N2O3. The van der Waals surface area contributed by atoms with Crippen LogP contribution >= 0.6 is 0 Å². The molecule has 4 N–H and O–H groups in total. The molecule has 5 nitrogen and oxygen atoms in total. The summed E-state index contributed by atoms with van der Waals surface area (Å²) in [4.78, 5) is 0. The van der Waals surface area contributed by atoms with E-state index in [1.165, 1.54) is 0 Å². The molecular weight excluding hydrogens is 292 g/mol. The Balaban J connectivity index is 1.90. The fraction of sp³-hybridized carbons (Fsp3) is 0.333. The summed E-state index contributed by atoms with van der Waals surface area (Å²) in [7, 11) is 1.64. The summed E-state index contributed by atoms with van der Waals surface area (Å²) >= 11 is 0. The molecule has 0 aliphatic rings. The standard InChI is InChI=1S/C18H24N2O3/c1-12-8-14(19)4-6-17(12)22-10-16(21-3)11-23-18-7-5-15(20)9-13(18)2/h4-9,16H,10-11,19-20H2,1-3H3. The molecule has 2 aromatic rings. The van der Waals surface area contributed by atoms with Gasteiger partial charge in [0.1, 0.15) is 30.8 Å². The Morgan fingerprint density at radius 1 is 0.826 bits per heavy atom. The number of ether oxygens (including phenoxy) is 3. The van der Waals surface area contributed by atoms with Gasteiger partial charge >= 0.3 is 0 Å². The third-order valence-electron chi connectivity index (χ3n) is 3.58. The Kier molecular flexibility index (Phi) is 5.71. The molecule has 0 saturated heterocycles. The zero-order valence-electron chi connectivity index (χ0n) is 13.8. The minimum absolute atomic E-state index is 0.177. The van der Waals surface area contributed by atoms with Gasteiger partial charge in [-0.25, -0.2) is 0 Å². The second-order valence-corrected chi connectivity index (χ2v) is 5.53. The number of aryl methyl sites for hydroxylation is 2. The predicted octanol–water partition coefficient (Wildman–Crippen LogP) is 2.94. The largest absolute Gasteiger partial charge is 0.490 e. The molecule has 5 heteroatoms. The van der Waals surface area contributed by atoms with Crippen molar-refractivity contribution in [1.29, 1.82) is 0 Å². The van der Waals surface area contributed by atoms with Crippen LogP contribution < -0.4 is 20.9 Å². The topological polar surface area (TPSA) is 79.7 Å². The van der Waals surface area contributed by atoms with Crippen LogP contribution in [0.1, 0.15) is 11.1 Å². The van der Waals surface area contributed by atoms with Crippen LogP contribution in [0.3, 0.4) is 0 Å². The number of hydrogen-bond acceptors (Lipinski definition) is 5. The van der Waals surface area contributed by atoms with E-state index >= 15 is 0 Å². The Morgan fingerprint density at radius 3 is 1.61 bits per heavy atom. The van der Waals surface area contributed by atoms with Gasteiger partial charge in [-0.15, -0.1) is 0 Å². The molecule has 0 atom stereocenters. The van der Waals surface area contributed by atoms with E-state index < -0.39 is 0 Å². The quantitative estimate of drug-likeness (QED) is 0.768. The summed E-state index contributed by atoms with van der Waals surface area (Å²) < 4.78 is 17.0. The summed E-state index contributed by atoms with van der Waals surface area (Å²) in [6, 6.07) is 11.1. The molecule has 0 amide bonds. The Morgan fingerprint density at radius 2 is 1.26 bits per heavy atom. The molecule has 2 aromatic carbocycles. The number of anilines is 2. The lowest BCUT2D eigenvalue weighted by molar-refractivity contribution is 0.0234. The minimum Gasteiger partial charge on any atom is -0.490 e. The lowest BCUT2D eigenvalue weighted by Crippen LogP contribution is -2.27. The van der Waals surface area contributed by atoms with Gasteiger partial charge < -0.3 is 25.7 Å². The molecule has 0 unspecified atom stereocenters. The molecule has 0 spiro atoms. The SMILES string of the molecule is COC(COc1ccc(N)cc1C)COc1ccc(N)cc1C. The van der Waals surface area contributed by atoms with Gasteiger partial charge in [0.2, 0.25) is 0 Å². The van der Waals surface area contributed by atoms with Crippen molar-refractivity contribution in [3.8, 4) is 11.5 Å². The Hall–Kier alpha value is -2.40. The maximum absolute atomic E-state index is 5.80. The second-order valence-electron chi connectivity index (χ2n) is 5.53. The van der Waals surface area contributed by atoms with Gasteiger partial charge in [0.15, 0.2) is 0 Å². The molecule has 0 fully saturated rings. The predicted molar refractivity (Wildman–Crippen MR) is 93.0 cm³/mol. The van der Waals surface area contributed by atoms with Gasteiger partial charge in [-0.3, -0.25) is 0 Å². The normalized spacial score (nSPS) is 10.8. The number of benzene rings is 2. The first kappa shape index (κ1) is 17.0. The first-order valence-electron chi connectivity index (χ1n) is 7.50. The highest BCUT2D eigenvalue weighted by Gasteiger charge is 2.12. The van der Waals surface area contributed by atoms with Crippen LogP contribution in [-0.2, 0) is 4.74 Å². The van der Waals surface area contributed by atoms with Crippen molar-refractivity contribution in [2.24, 2.45) is 0 Å². The van der Waals surface area contributed by atoms with Crippen LogP contribution in [0, 0.1) is 13.8 Å². The molecule has 0 saturated carbocycles. The number of nitrogen functional groups attached to an aromatic ring is 2. The maximum atomic E-state index is 5.80. The third-order valence-corrected chi connectivity index (χ3v) is 3.58. The average molecular weight is 316 g/mol. The lowest BCUT2D eigenvalue weighted by atomic mass is 10.2. The van der Waals surface area contributed by atoms with Crippen LogP contribution in [0.5, 0.6) is 11.5 Å². The van der Waals surface area contributed by atoms with E-state index in [1.54, 1.807) is 7.11 Å². The zero-order valence-corrected chi connectivity index (χ0v) is 13.8. The van der Waals surface area contributed by atoms with Crippen molar-refractivity contribution in [1.82, 2.24) is 0 Å². The molecule has 0 aromatic heterocycles. The summed E-state index contributed by atoms with van der Waals surface area (Å²) in [5.74, 6) is 1.59. The first-order chi connectivity index (χ1) is 11.0. The van der Waals surface area contributed by atoms with E-state index in [1.807, 2.05) is 50.2 Å². The molecule has 0 aliphatic heterocycles. The van der Waals surface area contributed by atoms with Crippen molar-refractivity contribution >= 4 is 11.4 Å². The van der Waals surface area contributed by atoms with Gasteiger partial charge in [0, 0.05) is 18.5 Å². The molecule has 0 radical (unpaired) electrons. The smallest absolute Gasteiger partial charge is 0.125 e. The van der Waals surface area contributed by atoms with Crippen molar-refractivity contribution in [3.05, 3.63) is 47.5 Å². The van der Waals surface area contributed by atoms with E-state index in [2.05, 4.69) is 0 Å². The van der Waals surface area contributed by atoms with E-state index in [4.69, 9.17) is 25.7 Å². The van der Waals surface area contributed by atoms with Crippen molar-refractivity contribution in [2.45, 2.75) is 20.0 Å². The summed E-state index contributed by atoms with van der Waals surface area (Å²) in [6.07, 6.45) is -0.177. The lowest BCUT2D eigenvalue weighted by Gasteiger charge is -2.19. The van der Waals surface area contributed by atoms with Gasteiger partial charge in [0.05, 0.1) is 0 Å². The monoisotopic (exact) mass is 316 g/mol. The van der Waals surface area contributed by atoms with Gasteiger partial charge in [-0.05, 0) is 61.4 Å². The summed E-state index contributed by atoms with van der Waals surface area (Å²) in [5, 5.41) is 0. The Labute approximate surface area is 137 Å². The molecule has 2 rings (SSSR count). The molecule has 0 aliphatic carbocycles. The molecule has 23 heavy (non-hydrogen) atoms. The molecule has 124 valence electrons. The third kappa shape index (κ3) is 4.79. The van der Waals surface area contributed by atoms with Crippen LogP contribution in [0.15, 0.2) is 36.4 Å². The summed E-state index contributed by atoms with van der Waals surface area (Å²) in [5.41, 5.74) is 14.9. The highest BCUT2D eigenvalue weighted by molar-refractivity contribution is 5.48. The van der Waals surface area contributed by atoms with E-state index in [9.17, 15) is 0 Å². The van der Waals surface area contributed by atoms with Crippen LogP contribution in [0.25, 0.3) is 0 Å². The van der Waals surface area contributed by atoms with Crippen molar-refractivity contribution in [2.75, 3.05) is 31.8 Å². The average Bonchev–Trinajstić information content (AvgIpc) is 2.50. The van der Waals surface area contributed by atoms with Crippen LogP contribution in [0.4, 0.5) is 11.4 Å². The summed E-state index contributed by atoms with van der Waals surface area (Å²) in [6.45, 7) is 4.72. The fourth-order valence-corrected chi connectivity index (χ4v) is 2.22. The van der Waals surface area contributed by atoms with E-state index in [-0.39, 0.29) is 6.10 Å². The first-order valence-corrected chi connectivity index (χ1v) is 7.50. The number of nitrogens with two attached hydrogens (primary N) is 2. The highest BCUT2D eigenvalue weighted by atomic mass is 16.6. The van der Waals surface area contributed by atoms with E-state index in [0.717, 1.165) is 34.0 Å². The molecule has 0 bridgehead atoms. The van der Waals surface area contributed by atoms with Gasteiger partial charge in [-0.1, -0.05) is 0 Å². The van der Waals surface area contributed by atoms with Gasteiger partial charge in [-0.2, -0.15) is 0 Å². The van der Waals surface area contributed by atoms with Gasteiger partial charge in [0.25, 0.3) is 0 Å². The number of hydrogen-bond donors (Lipinski definition) is 2. The second kappa shape index (κ2) is 7.74. The highest BCUT2D eigenvalue weighted by Crippen LogP contribution is 2.22. The van der Waals surface area contributed by atoms with E-state index in [0.29, 0.717) is 13.2 Å². The maximum Gasteiger partial charge on any atom is 0.125 e. The van der Waals surface area contributed by atoms with Crippen LogP contribution in [-0.4, -0.2) is 26.4 Å². The number of rotatable bonds is 7. The Bertz CT molecular complexity index is 603. The zero-order chi connectivity index (χ0) is 16.8. The fourth-order valence-electron chi connectivity index (χ4n) is 2.22.